The van der Waals surface area contributed by atoms with E-state index in [1.165, 1.54) is 83.9 Å². The van der Waals surface area contributed by atoms with Gasteiger partial charge in [-0.25, -0.2) is 0 Å². The van der Waals surface area contributed by atoms with Crippen LogP contribution in [0, 0.1) is 0 Å². The first-order valence-electron chi connectivity index (χ1n) is 24.8. The van der Waals surface area contributed by atoms with Gasteiger partial charge in [0, 0.05) is 74.6 Å². The molecule has 3 aliphatic heterocycles. The number of aryl methyl sites for hydroxylation is 6. The summed E-state index contributed by atoms with van der Waals surface area (Å²) < 4.78 is 0. The number of benzene rings is 3. The van der Waals surface area contributed by atoms with Crippen molar-refractivity contribution in [2.75, 3.05) is 60.4 Å². The highest BCUT2D eigenvalue weighted by Gasteiger charge is 2.27. The number of piperidine rings is 3. The lowest BCUT2D eigenvalue weighted by molar-refractivity contribution is 0.313. The van der Waals surface area contributed by atoms with Gasteiger partial charge < -0.3 is 14.7 Å². The monoisotopic (exact) mass is 871 g/mol. The Hall–Kier alpha value is -5.79. The molecule has 3 saturated heterocycles. The van der Waals surface area contributed by atoms with Crippen LogP contribution in [-0.4, -0.2) is 90.1 Å². The second-order valence-corrected chi connectivity index (χ2v) is 19.4. The van der Waals surface area contributed by atoms with Crippen molar-refractivity contribution in [3.05, 3.63) is 212 Å². The molecule has 0 spiro atoms. The molecule has 3 aromatic carbocycles. The van der Waals surface area contributed by atoms with Gasteiger partial charge in [0.1, 0.15) is 0 Å². The van der Waals surface area contributed by atoms with E-state index in [9.17, 15) is 0 Å². The third-order valence-corrected chi connectivity index (χ3v) is 15.1. The van der Waals surface area contributed by atoms with E-state index in [2.05, 4.69) is 145 Å². The molecule has 0 unspecified atom stereocenters. The fourth-order valence-corrected chi connectivity index (χ4v) is 11.2. The standard InChI is InChI=1S/3C20H22N2/c3*1-22-13-10-16(11-14-22)19-18-7-3-2-5-15(18)8-9-17-6-4-12-21-20(17)19/h3*2-7,12H,8-11,13-14H2,1H3. The van der Waals surface area contributed by atoms with Crippen LogP contribution in [0.4, 0.5) is 0 Å². The Balaban J connectivity index is 0.000000116. The maximum atomic E-state index is 4.78. The van der Waals surface area contributed by atoms with E-state index in [4.69, 9.17) is 15.0 Å². The van der Waals surface area contributed by atoms with Crippen LogP contribution in [0.25, 0.3) is 16.7 Å². The Morgan fingerprint density at radius 1 is 0.288 bits per heavy atom. The van der Waals surface area contributed by atoms with E-state index in [0.29, 0.717) is 0 Å². The molecule has 0 atom stereocenters. The van der Waals surface area contributed by atoms with Crippen molar-refractivity contribution in [1.29, 1.82) is 0 Å². The Bertz CT molecular complexity index is 2310. The number of hydrogen-bond donors (Lipinski definition) is 0. The molecule has 6 heteroatoms. The van der Waals surface area contributed by atoms with Gasteiger partial charge in [-0.1, -0.05) is 108 Å². The van der Waals surface area contributed by atoms with Gasteiger partial charge in [-0.05, 0) is 166 Å². The molecule has 0 N–H and O–H groups in total. The minimum Gasteiger partial charge on any atom is -0.306 e. The molecule has 336 valence electrons. The van der Waals surface area contributed by atoms with Crippen molar-refractivity contribution >= 4 is 16.7 Å². The first-order chi connectivity index (χ1) is 32.5. The lowest BCUT2D eigenvalue weighted by Crippen LogP contribution is -2.27. The maximum Gasteiger partial charge on any atom is 0.0739 e. The van der Waals surface area contributed by atoms with E-state index in [1.807, 2.05) is 18.6 Å². The highest BCUT2D eigenvalue weighted by molar-refractivity contribution is 5.86. The Morgan fingerprint density at radius 3 is 0.818 bits per heavy atom. The maximum absolute atomic E-state index is 4.78. The van der Waals surface area contributed by atoms with Crippen LogP contribution in [0.3, 0.4) is 0 Å². The van der Waals surface area contributed by atoms with Crippen molar-refractivity contribution in [1.82, 2.24) is 29.7 Å². The summed E-state index contributed by atoms with van der Waals surface area (Å²) in [7, 11) is 6.65. The molecular weight excluding hydrogens is 805 g/mol. The first-order valence-corrected chi connectivity index (χ1v) is 24.8. The summed E-state index contributed by atoms with van der Waals surface area (Å²) in [5, 5.41) is 0. The average Bonchev–Trinajstić information content (AvgIpc) is 3.73. The van der Waals surface area contributed by atoms with Crippen LogP contribution in [0.1, 0.15) is 106 Å². The fourth-order valence-electron chi connectivity index (χ4n) is 11.2. The molecule has 6 heterocycles. The van der Waals surface area contributed by atoms with Gasteiger partial charge in [-0.15, -0.1) is 0 Å². The number of aromatic nitrogens is 3. The van der Waals surface area contributed by atoms with E-state index in [1.54, 1.807) is 16.7 Å². The van der Waals surface area contributed by atoms with Gasteiger partial charge in [0.05, 0.1) is 17.1 Å². The molecule has 66 heavy (non-hydrogen) atoms. The van der Waals surface area contributed by atoms with Crippen molar-refractivity contribution in [2.45, 2.75) is 77.0 Å². The van der Waals surface area contributed by atoms with Crippen molar-refractivity contribution < 1.29 is 0 Å². The van der Waals surface area contributed by atoms with Gasteiger partial charge in [-0.2, -0.15) is 0 Å². The third-order valence-electron chi connectivity index (χ3n) is 15.1. The Labute approximate surface area is 393 Å². The molecule has 3 aliphatic carbocycles. The minimum absolute atomic E-state index is 1.09. The number of hydrogen-bond acceptors (Lipinski definition) is 6. The number of pyridine rings is 3. The molecule has 0 bridgehead atoms. The lowest BCUT2D eigenvalue weighted by atomic mass is 9.89. The topological polar surface area (TPSA) is 48.4 Å². The summed E-state index contributed by atoms with van der Waals surface area (Å²) in [5.74, 6) is 0. The van der Waals surface area contributed by atoms with E-state index >= 15 is 0 Å². The van der Waals surface area contributed by atoms with Crippen molar-refractivity contribution in [3.8, 4) is 0 Å². The zero-order chi connectivity index (χ0) is 44.8. The number of likely N-dealkylation sites (tertiary alicyclic amines) is 3. The Morgan fingerprint density at radius 2 is 0.530 bits per heavy atom. The molecule has 3 aromatic heterocycles. The van der Waals surface area contributed by atoms with Crippen molar-refractivity contribution in [2.24, 2.45) is 0 Å². The summed E-state index contributed by atoms with van der Waals surface area (Å²) in [5.41, 5.74) is 25.6. The summed E-state index contributed by atoms with van der Waals surface area (Å²) in [6, 6.07) is 39.7. The van der Waals surface area contributed by atoms with Gasteiger partial charge in [0.15, 0.2) is 0 Å². The number of rotatable bonds is 0. The predicted octanol–water partition coefficient (Wildman–Crippen LogP) is 11.1. The van der Waals surface area contributed by atoms with Crippen LogP contribution in [0.2, 0.25) is 0 Å². The smallest absolute Gasteiger partial charge is 0.0739 e. The van der Waals surface area contributed by atoms with Gasteiger partial charge in [0.25, 0.3) is 0 Å². The predicted molar refractivity (Wildman–Crippen MR) is 273 cm³/mol. The highest BCUT2D eigenvalue weighted by atomic mass is 15.1. The van der Waals surface area contributed by atoms with Gasteiger partial charge >= 0.3 is 0 Å². The van der Waals surface area contributed by atoms with Gasteiger partial charge in [-0.3, -0.25) is 15.0 Å². The molecular formula is C60H66N6. The molecule has 6 aromatic rings. The molecule has 3 fully saturated rings. The summed E-state index contributed by atoms with van der Waals surface area (Å²) in [6.07, 6.45) is 19.4. The summed E-state index contributed by atoms with van der Waals surface area (Å²) >= 11 is 0. The largest absolute Gasteiger partial charge is 0.306 e. The molecule has 6 aliphatic rings. The molecule has 0 radical (unpaired) electrons. The third kappa shape index (κ3) is 9.55. The van der Waals surface area contributed by atoms with E-state index < -0.39 is 0 Å². The molecule has 6 nitrogen and oxygen atoms in total. The van der Waals surface area contributed by atoms with Crippen LogP contribution in [0.15, 0.2) is 145 Å². The average molecular weight is 871 g/mol. The van der Waals surface area contributed by atoms with Crippen LogP contribution >= 0.6 is 0 Å². The normalized spacial score (nSPS) is 18.6. The van der Waals surface area contributed by atoms with Crippen molar-refractivity contribution in [3.63, 3.8) is 0 Å². The zero-order valence-corrected chi connectivity index (χ0v) is 39.5. The second kappa shape index (κ2) is 20.4. The fraction of sp³-hybridized carbons (Fsp3) is 0.350. The summed E-state index contributed by atoms with van der Waals surface area (Å²) in [4.78, 5) is 21.6. The number of fused-ring (bicyclic) bond motifs is 6. The first kappa shape index (κ1) is 44.1. The van der Waals surface area contributed by atoms with E-state index in [0.717, 1.165) is 116 Å². The molecule has 0 amide bonds. The van der Waals surface area contributed by atoms with E-state index in [-0.39, 0.29) is 0 Å². The number of nitrogens with zero attached hydrogens (tertiary/aromatic N) is 6. The molecule has 0 saturated carbocycles. The minimum atomic E-state index is 1.09. The summed E-state index contributed by atoms with van der Waals surface area (Å²) in [6.45, 7) is 6.94. The SMILES string of the molecule is CN1CCC(=C2c3ccccc3CCc3cccnc32)CC1.CN1CCC(=C2c3ccccc3CCc3cccnc32)CC1.CN1CCC(=C2c3ccccc3CCc3cccnc32)CC1. The van der Waals surface area contributed by atoms with Crippen LogP contribution < -0.4 is 0 Å². The quantitative estimate of drug-likeness (QED) is 0.152. The highest BCUT2D eigenvalue weighted by Crippen LogP contribution is 2.40. The van der Waals surface area contributed by atoms with Crippen LogP contribution in [0.5, 0.6) is 0 Å². The zero-order valence-electron chi connectivity index (χ0n) is 39.5. The molecule has 12 rings (SSSR count). The van der Waals surface area contributed by atoms with Gasteiger partial charge in [0.2, 0.25) is 0 Å². The Kier molecular flexibility index (Phi) is 13.6. The van der Waals surface area contributed by atoms with Crippen LogP contribution in [-0.2, 0) is 38.5 Å². The second-order valence-electron chi connectivity index (χ2n) is 19.4. The lowest BCUT2D eigenvalue weighted by Gasteiger charge is -2.27.